The van der Waals surface area contributed by atoms with Crippen LogP contribution in [0.1, 0.15) is 73.6 Å². The molecule has 0 saturated carbocycles. The first-order chi connectivity index (χ1) is 18.1. The Labute approximate surface area is 222 Å². The van der Waals surface area contributed by atoms with E-state index in [0.717, 1.165) is 0 Å². The summed E-state index contributed by atoms with van der Waals surface area (Å²) in [4.78, 5) is 62.7. The number of carbonyl (C=O) groups excluding carboxylic acids is 5. The van der Waals surface area contributed by atoms with Crippen molar-refractivity contribution in [3.05, 3.63) is 35.4 Å². The van der Waals surface area contributed by atoms with Crippen molar-refractivity contribution in [1.29, 1.82) is 0 Å². The predicted octanol–water partition coefficient (Wildman–Crippen LogP) is 2.62. The summed E-state index contributed by atoms with van der Waals surface area (Å²) >= 11 is 0. The first kappa shape index (κ1) is 31.1. The third kappa shape index (κ3) is 8.21. The number of unbranched alkanes of at least 4 members (excludes halogenated alkanes) is 1. The summed E-state index contributed by atoms with van der Waals surface area (Å²) < 4.78 is 28.5. The molecule has 0 saturated heterocycles. The molecule has 0 fully saturated rings. The van der Waals surface area contributed by atoms with Crippen LogP contribution in [0, 0.1) is 0 Å². The Bertz CT molecular complexity index is 1040. The van der Waals surface area contributed by atoms with E-state index < -0.39 is 37.2 Å². The maximum absolute atomic E-state index is 13.4. The highest BCUT2D eigenvalue weighted by Crippen LogP contribution is 2.46. The van der Waals surface area contributed by atoms with Crippen molar-refractivity contribution in [2.24, 2.45) is 0 Å². The third-order valence-electron chi connectivity index (χ3n) is 5.91. The number of imide groups is 1. The maximum Gasteiger partial charge on any atom is 0.323 e. The molecule has 12 nitrogen and oxygen atoms in total. The summed E-state index contributed by atoms with van der Waals surface area (Å²) in [6.45, 7) is 5.20. The largest absolute Gasteiger partial charge is 0.466 e. The number of fused-ring (bicyclic) bond motifs is 1. The van der Waals surface area contributed by atoms with E-state index >= 15 is 0 Å². The zero-order chi connectivity index (χ0) is 28.3. The number of carbonyl (C=O) groups is 5. The van der Waals surface area contributed by atoms with Crippen LogP contribution in [-0.2, 0) is 32.9 Å². The first-order valence-corrected chi connectivity index (χ1v) is 14.3. The maximum atomic E-state index is 13.4. The average molecular weight is 554 g/mol. The molecule has 2 N–H and O–H groups in total. The van der Waals surface area contributed by atoms with Crippen LogP contribution in [0.5, 0.6) is 0 Å². The van der Waals surface area contributed by atoms with Crippen molar-refractivity contribution in [2.45, 2.75) is 64.7 Å². The quantitative estimate of drug-likeness (QED) is 0.135. The fourth-order valence-corrected chi connectivity index (χ4v) is 5.53. The highest BCUT2D eigenvalue weighted by molar-refractivity contribution is 7.57. The molecule has 210 valence electrons. The van der Waals surface area contributed by atoms with E-state index in [9.17, 15) is 28.5 Å². The minimum atomic E-state index is -3.79. The number of ether oxygens (including phenoxy) is 2. The summed E-state index contributed by atoms with van der Waals surface area (Å²) in [5, 5.41) is 5.26. The smallest absolute Gasteiger partial charge is 0.323 e. The number of hydrogen-bond donors (Lipinski definition) is 2. The van der Waals surface area contributed by atoms with Crippen molar-refractivity contribution in [3.63, 3.8) is 0 Å². The number of benzene rings is 1. The van der Waals surface area contributed by atoms with Gasteiger partial charge in [0.25, 0.3) is 19.3 Å². The molecule has 1 aliphatic rings. The van der Waals surface area contributed by atoms with Gasteiger partial charge in [-0.3, -0.25) is 33.4 Å². The van der Waals surface area contributed by atoms with E-state index in [1.807, 2.05) is 0 Å². The summed E-state index contributed by atoms with van der Waals surface area (Å²) in [6, 6.07) is 5.49. The number of amides is 3. The van der Waals surface area contributed by atoms with E-state index in [4.69, 9.17) is 14.0 Å². The van der Waals surface area contributed by atoms with E-state index in [0.29, 0.717) is 24.0 Å². The Morgan fingerprint density at radius 1 is 0.974 bits per heavy atom. The minimum absolute atomic E-state index is 0.0382. The van der Waals surface area contributed by atoms with Gasteiger partial charge >= 0.3 is 11.9 Å². The normalized spacial score (nSPS) is 15.8. The van der Waals surface area contributed by atoms with Crippen LogP contribution in [0.15, 0.2) is 24.3 Å². The van der Waals surface area contributed by atoms with Crippen LogP contribution in [0.4, 0.5) is 0 Å². The van der Waals surface area contributed by atoms with Crippen LogP contribution in [0.3, 0.4) is 0 Å². The molecule has 2 rings (SSSR count). The van der Waals surface area contributed by atoms with Crippen molar-refractivity contribution in [1.82, 2.24) is 15.3 Å². The van der Waals surface area contributed by atoms with Crippen molar-refractivity contribution < 1.29 is 42.5 Å². The first-order valence-electron chi connectivity index (χ1n) is 12.6. The fraction of sp³-hybridized carbons (Fsp3) is 0.560. The Hall–Kier alpha value is -3.08. The number of esters is 2. The molecule has 1 aromatic carbocycles. The average Bonchev–Trinajstić information content (AvgIpc) is 3.13. The second-order valence-electron chi connectivity index (χ2n) is 8.57. The van der Waals surface area contributed by atoms with Crippen LogP contribution in [-0.4, -0.2) is 73.3 Å². The number of nitrogens with zero attached hydrogens (tertiary/aromatic N) is 1. The summed E-state index contributed by atoms with van der Waals surface area (Å²) in [5.74, 6) is -3.35. The Morgan fingerprint density at radius 3 is 2.13 bits per heavy atom. The molecule has 0 aromatic heterocycles. The molecule has 1 aromatic rings. The molecule has 1 aliphatic heterocycles. The summed E-state index contributed by atoms with van der Waals surface area (Å²) in [5.41, 5.74) is 0.741. The highest BCUT2D eigenvalue weighted by Gasteiger charge is 2.37. The molecule has 0 radical (unpaired) electrons. The molecule has 0 bridgehead atoms. The van der Waals surface area contributed by atoms with Crippen molar-refractivity contribution in [2.75, 3.05) is 26.9 Å². The zero-order valence-corrected chi connectivity index (χ0v) is 23.1. The van der Waals surface area contributed by atoms with Crippen LogP contribution in [0.25, 0.3) is 0 Å². The topological polar surface area (TPSA) is 157 Å². The highest BCUT2D eigenvalue weighted by atomic mass is 31.2. The fourth-order valence-electron chi connectivity index (χ4n) is 3.90. The Kier molecular flexibility index (Phi) is 12.1. The lowest BCUT2D eigenvalue weighted by molar-refractivity contribution is -0.146. The Morgan fingerprint density at radius 2 is 1.58 bits per heavy atom. The second kappa shape index (κ2) is 14.8. The van der Waals surface area contributed by atoms with E-state index in [-0.39, 0.29) is 50.8 Å². The molecule has 3 amide bonds. The molecule has 0 spiro atoms. The molecule has 0 unspecified atom stereocenters. The minimum Gasteiger partial charge on any atom is -0.466 e. The van der Waals surface area contributed by atoms with Gasteiger partial charge in [0.2, 0.25) is 5.91 Å². The molecular weight excluding hydrogens is 517 g/mol. The van der Waals surface area contributed by atoms with Gasteiger partial charge in [-0.15, -0.1) is 0 Å². The number of hydrogen-bond acceptors (Lipinski definition) is 9. The molecule has 13 heteroatoms. The third-order valence-corrected chi connectivity index (χ3v) is 8.28. The van der Waals surface area contributed by atoms with E-state index in [2.05, 4.69) is 10.4 Å². The van der Waals surface area contributed by atoms with Gasteiger partial charge in [-0.2, -0.15) is 0 Å². The summed E-state index contributed by atoms with van der Waals surface area (Å²) in [7, 11) is -2.61. The monoisotopic (exact) mass is 553 g/mol. The number of rotatable bonds is 16. The van der Waals surface area contributed by atoms with Crippen molar-refractivity contribution >= 4 is 37.2 Å². The lowest BCUT2D eigenvalue weighted by atomic mass is 10.1. The summed E-state index contributed by atoms with van der Waals surface area (Å²) in [6.07, 6.45) is 0.695. The van der Waals surface area contributed by atoms with E-state index in [1.54, 1.807) is 38.1 Å². The lowest BCUT2D eigenvalue weighted by Gasteiger charge is -2.28. The van der Waals surface area contributed by atoms with Gasteiger partial charge in [0.05, 0.1) is 24.3 Å². The lowest BCUT2D eigenvalue weighted by Crippen LogP contribution is -2.43. The van der Waals surface area contributed by atoms with Gasteiger partial charge in [0, 0.05) is 26.5 Å². The molecule has 0 aliphatic carbocycles. The predicted molar refractivity (Wildman–Crippen MR) is 137 cm³/mol. The van der Waals surface area contributed by atoms with Crippen molar-refractivity contribution in [3.8, 4) is 0 Å². The van der Waals surface area contributed by atoms with Gasteiger partial charge in [0.1, 0.15) is 11.8 Å². The van der Waals surface area contributed by atoms with Gasteiger partial charge in [-0.25, -0.2) is 5.09 Å². The molecule has 38 heavy (non-hydrogen) atoms. The van der Waals surface area contributed by atoms with Gasteiger partial charge < -0.3 is 19.3 Å². The van der Waals surface area contributed by atoms with Gasteiger partial charge in [-0.05, 0) is 52.2 Å². The second-order valence-corrected chi connectivity index (χ2v) is 11.2. The van der Waals surface area contributed by atoms with Crippen LogP contribution < -0.4 is 10.4 Å². The number of nitrogens with one attached hydrogen (secondary N) is 2. The van der Waals surface area contributed by atoms with Crippen LogP contribution >= 0.6 is 7.52 Å². The Balaban J connectivity index is 1.88. The molecule has 3 atom stereocenters. The zero-order valence-electron chi connectivity index (χ0n) is 22.2. The van der Waals surface area contributed by atoms with Crippen LogP contribution in [0.2, 0.25) is 0 Å². The van der Waals surface area contributed by atoms with Gasteiger partial charge in [-0.1, -0.05) is 12.1 Å². The SMILES string of the molecule is CCOC(=O)CC[C@H](N[P@](=O)(OC)[C@H](C)NC(=O)CCCCN1C(=O)c2ccccc2C1=O)C(=O)OCC. The molecular formula is C25H36N3O9P. The molecule has 1 heterocycles. The standard InChI is InChI=1S/C25H36N3O9P/c1-5-36-22(30)15-14-20(25(33)37-6-2)27-38(34,35-4)17(3)26-21(29)13-9-10-16-28-23(31)18-11-7-8-12-19(18)24(28)32/h7-8,11-12,17,20H,5-6,9-10,13-16H2,1-4H3,(H,26,29)(H,27,34)/t17-,20+,38-/m1/s1. The van der Waals surface area contributed by atoms with E-state index in [1.165, 1.54) is 18.9 Å². The van der Waals surface area contributed by atoms with Gasteiger partial charge in [0.15, 0.2) is 0 Å².